The van der Waals surface area contributed by atoms with Crippen molar-refractivity contribution < 1.29 is 14.3 Å². The first-order valence-electron chi connectivity index (χ1n) is 9.74. The van der Waals surface area contributed by atoms with Gasteiger partial charge in [0.2, 0.25) is 5.91 Å². The number of rotatable bonds is 6. The van der Waals surface area contributed by atoms with Gasteiger partial charge >= 0.3 is 5.97 Å². The Labute approximate surface area is 170 Å². The summed E-state index contributed by atoms with van der Waals surface area (Å²) in [6.07, 6.45) is 4.57. The van der Waals surface area contributed by atoms with Crippen LogP contribution in [0.4, 0.5) is 5.69 Å². The molecule has 4 rings (SSSR count). The molecule has 146 valence electrons. The second-order valence-corrected chi connectivity index (χ2v) is 7.05. The van der Waals surface area contributed by atoms with Gasteiger partial charge in [-0.15, -0.1) is 0 Å². The molecule has 0 spiro atoms. The maximum absolute atomic E-state index is 12.7. The molecular weight excluding hydrogens is 364 g/mol. The summed E-state index contributed by atoms with van der Waals surface area (Å²) in [5, 5.41) is 0. The Morgan fingerprint density at radius 2 is 1.66 bits per heavy atom. The van der Waals surface area contributed by atoms with E-state index in [4.69, 9.17) is 4.74 Å². The van der Waals surface area contributed by atoms with Gasteiger partial charge in [-0.3, -0.25) is 14.6 Å². The molecule has 1 unspecified atom stereocenters. The highest BCUT2D eigenvalue weighted by molar-refractivity contribution is 5.95. The number of aromatic nitrogens is 1. The molecule has 2 aromatic carbocycles. The van der Waals surface area contributed by atoms with Gasteiger partial charge in [0.25, 0.3) is 0 Å². The Morgan fingerprint density at radius 1 is 0.966 bits per heavy atom. The fourth-order valence-corrected chi connectivity index (χ4v) is 3.55. The van der Waals surface area contributed by atoms with E-state index in [0.29, 0.717) is 6.42 Å². The molecule has 1 aromatic heterocycles. The van der Waals surface area contributed by atoms with Crippen molar-refractivity contribution >= 4 is 17.6 Å². The first-order valence-corrected chi connectivity index (χ1v) is 9.74. The standard InChI is InChI=1S/C24H22N2O3/c27-22-7-4-16-26(22)21-10-8-18(9-11-21)17-23(28)29-24(19-5-2-1-3-6-19)20-12-14-25-15-13-20/h1-3,5-6,8-15,24H,4,7,16-17H2. The molecule has 1 saturated heterocycles. The van der Waals surface area contributed by atoms with Crippen LogP contribution >= 0.6 is 0 Å². The molecule has 5 heteroatoms. The Balaban J connectivity index is 1.46. The average molecular weight is 386 g/mol. The SMILES string of the molecule is O=C(Cc1ccc(N2CCCC2=O)cc1)OC(c1ccccc1)c1ccncc1. The minimum Gasteiger partial charge on any atom is -0.452 e. The highest BCUT2D eigenvalue weighted by Gasteiger charge is 2.22. The monoisotopic (exact) mass is 386 g/mol. The number of benzene rings is 2. The van der Waals surface area contributed by atoms with Crippen LogP contribution < -0.4 is 4.90 Å². The quantitative estimate of drug-likeness (QED) is 0.599. The summed E-state index contributed by atoms with van der Waals surface area (Å²) in [6, 6.07) is 20.9. The highest BCUT2D eigenvalue weighted by atomic mass is 16.5. The van der Waals surface area contributed by atoms with Gasteiger partial charge in [-0.1, -0.05) is 42.5 Å². The summed E-state index contributed by atoms with van der Waals surface area (Å²) in [7, 11) is 0. The van der Waals surface area contributed by atoms with E-state index < -0.39 is 6.10 Å². The number of anilines is 1. The molecule has 1 fully saturated rings. The fourth-order valence-electron chi connectivity index (χ4n) is 3.55. The van der Waals surface area contributed by atoms with Crippen LogP contribution in [0.5, 0.6) is 0 Å². The summed E-state index contributed by atoms with van der Waals surface area (Å²) in [4.78, 5) is 30.4. The first-order chi connectivity index (χ1) is 14.2. The van der Waals surface area contributed by atoms with Crippen LogP contribution in [0, 0.1) is 0 Å². The molecule has 0 bridgehead atoms. The van der Waals surface area contributed by atoms with Crippen molar-refractivity contribution in [1.82, 2.24) is 4.98 Å². The molecule has 1 aliphatic heterocycles. The second-order valence-electron chi connectivity index (χ2n) is 7.05. The van der Waals surface area contributed by atoms with Crippen LogP contribution in [-0.2, 0) is 20.7 Å². The minimum atomic E-state index is -0.479. The third-order valence-electron chi connectivity index (χ3n) is 5.03. The van der Waals surface area contributed by atoms with Gasteiger partial charge < -0.3 is 9.64 Å². The number of nitrogens with zero attached hydrogens (tertiary/aromatic N) is 2. The lowest BCUT2D eigenvalue weighted by Crippen LogP contribution is -2.23. The van der Waals surface area contributed by atoms with E-state index in [0.717, 1.165) is 35.3 Å². The van der Waals surface area contributed by atoms with Crippen molar-refractivity contribution in [3.63, 3.8) is 0 Å². The number of hydrogen-bond donors (Lipinski definition) is 0. The maximum atomic E-state index is 12.7. The first kappa shape index (κ1) is 18.9. The van der Waals surface area contributed by atoms with E-state index in [1.54, 1.807) is 17.3 Å². The Morgan fingerprint density at radius 3 is 2.31 bits per heavy atom. The fraction of sp³-hybridized carbons (Fsp3) is 0.208. The highest BCUT2D eigenvalue weighted by Crippen LogP contribution is 2.26. The normalized spacial score (nSPS) is 14.6. The number of amides is 1. The molecule has 3 aromatic rings. The van der Waals surface area contributed by atoms with Crippen molar-refractivity contribution in [1.29, 1.82) is 0 Å². The predicted molar refractivity (Wildman–Crippen MR) is 110 cm³/mol. The van der Waals surface area contributed by atoms with Crippen LogP contribution in [0.3, 0.4) is 0 Å². The largest absolute Gasteiger partial charge is 0.452 e. The Bertz CT molecular complexity index is 933. The van der Waals surface area contributed by atoms with Gasteiger partial charge in [0.15, 0.2) is 6.10 Å². The minimum absolute atomic E-state index is 0.153. The Hall–Kier alpha value is -3.47. The number of ether oxygens (including phenoxy) is 1. The summed E-state index contributed by atoms with van der Waals surface area (Å²) in [5.41, 5.74) is 3.52. The summed E-state index contributed by atoms with van der Waals surface area (Å²) in [6.45, 7) is 0.755. The van der Waals surface area contributed by atoms with Crippen molar-refractivity contribution in [2.75, 3.05) is 11.4 Å². The van der Waals surface area contributed by atoms with Crippen molar-refractivity contribution in [2.24, 2.45) is 0 Å². The van der Waals surface area contributed by atoms with Gasteiger partial charge in [0.05, 0.1) is 6.42 Å². The van der Waals surface area contributed by atoms with Gasteiger partial charge in [0, 0.05) is 36.6 Å². The van der Waals surface area contributed by atoms with E-state index in [9.17, 15) is 9.59 Å². The zero-order chi connectivity index (χ0) is 20.1. The maximum Gasteiger partial charge on any atom is 0.311 e. The zero-order valence-corrected chi connectivity index (χ0v) is 16.0. The van der Waals surface area contributed by atoms with E-state index in [1.165, 1.54) is 0 Å². The van der Waals surface area contributed by atoms with Crippen molar-refractivity contribution in [3.8, 4) is 0 Å². The molecule has 0 N–H and O–H groups in total. The molecule has 0 radical (unpaired) electrons. The van der Waals surface area contributed by atoms with Crippen molar-refractivity contribution in [2.45, 2.75) is 25.4 Å². The van der Waals surface area contributed by atoms with Crippen molar-refractivity contribution in [3.05, 3.63) is 95.8 Å². The lowest BCUT2D eigenvalue weighted by molar-refractivity contribution is -0.146. The van der Waals surface area contributed by atoms with E-state index in [1.807, 2.05) is 66.7 Å². The summed E-state index contributed by atoms with van der Waals surface area (Å²) in [5.74, 6) is -0.152. The lowest BCUT2D eigenvalue weighted by atomic mass is 10.0. The third kappa shape index (κ3) is 4.51. The zero-order valence-electron chi connectivity index (χ0n) is 16.0. The van der Waals surface area contributed by atoms with Crippen LogP contribution in [0.1, 0.15) is 35.6 Å². The third-order valence-corrected chi connectivity index (χ3v) is 5.03. The number of carbonyl (C=O) groups excluding carboxylic acids is 2. The van der Waals surface area contributed by atoms with Crippen LogP contribution in [-0.4, -0.2) is 23.4 Å². The van der Waals surface area contributed by atoms with Crippen LogP contribution in [0.25, 0.3) is 0 Å². The lowest BCUT2D eigenvalue weighted by Gasteiger charge is -2.19. The molecule has 1 amide bonds. The van der Waals surface area contributed by atoms with Crippen LogP contribution in [0.2, 0.25) is 0 Å². The van der Waals surface area contributed by atoms with E-state index >= 15 is 0 Å². The van der Waals surface area contributed by atoms with E-state index in [-0.39, 0.29) is 18.3 Å². The van der Waals surface area contributed by atoms with Crippen LogP contribution in [0.15, 0.2) is 79.1 Å². The smallest absolute Gasteiger partial charge is 0.311 e. The topological polar surface area (TPSA) is 59.5 Å². The molecule has 1 aliphatic rings. The average Bonchev–Trinajstić information content (AvgIpc) is 3.20. The molecule has 0 saturated carbocycles. The number of pyridine rings is 1. The van der Waals surface area contributed by atoms with Gasteiger partial charge in [-0.25, -0.2) is 0 Å². The molecular formula is C24H22N2O3. The number of carbonyl (C=O) groups is 2. The van der Waals surface area contributed by atoms with Gasteiger partial charge in [-0.2, -0.15) is 0 Å². The van der Waals surface area contributed by atoms with E-state index in [2.05, 4.69) is 4.98 Å². The van der Waals surface area contributed by atoms with Gasteiger partial charge in [0.1, 0.15) is 0 Å². The molecule has 0 aliphatic carbocycles. The summed E-state index contributed by atoms with van der Waals surface area (Å²) < 4.78 is 5.84. The number of esters is 1. The summed E-state index contributed by atoms with van der Waals surface area (Å²) >= 11 is 0. The second kappa shape index (κ2) is 8.69. The van der Waals surface area contributed by atoms with Gasteiger partial charge in [-0.05, 0) is 41.8 Å². The molecule has 5 nitrogen and oxygen atoms in total. The number of hydrogen-bond acceptors (Lipinski definition) is 4. The molecule has 1 atom stereocenters. The molecule has 2 heterocycles. The Kier molecular flexibility index (Phi) is 5.66. The predicted octanol–water partition coefficient (Wildman–Crippen LogP) is 4.08. The molecule has 29 heavy (non-hydrogen) atoms.